The molecule has 26 heavy (non-hydrogen) atoms. The molecule has 0 saturated heterocycles. The van der Waals surface area contributed by atoms with Gasteiger partial charge in [-0.15, -0.1) is 0 Å². The van der Waals surface area contributed by atoms with Crippen molar-refractivity contribution in [2.45, 2.75) is 13.3 Å². The molecule has 0 spiro atoms. The van der Waals surface area contributed by atoms with E-state index in [9.17, 15) is 4.79 Å². The summed E-state index contributed by atoms with van der Waals surface area (Å²) in [5, 5.41) is 4.61. The maximum atomic E-state index is 13.2. The third-order valence-corrected chi connectivity index (χ3v) is 4.11. The Balaban J connectivity index is 1.93. The highest BCUT2D eigenvalue weighted by molar-refractivity contribution is 5.63. The number of para-hydroxylation sites is 1. The van der Waals surface area contributed by atoms with Crippen molar-refractivity contribution in [3.05, 3.63) is 94.4 Å². The van der Waals surface area contributed by atoms with Gasteiger partial charge >= 0.3 is 0 Å². The highest BCUT2D eigenvalue weighted by Crippen LogP contribution is 2.12. The molecule has 5 nitrogen and oxygen atoms in total. The minimum atomic E-state index is -0.118. The number of nitrogens with zero attached hydrogens (tertiary/aromatic N) is 4. The third-order valence-electron chi connectivity index (χ3n) is 4.11. The Hall–Kier alpha value is -3.65. The standard InChI is InChI=1S/C21H16N4O/c1-2-19-23-24-15-12-17(9-8-16-10-13-22-14-11-16)20(24)21(26)25(19)18-6-4-3-5-7-18/h3-7,10-15H,2H2,1H3. The van der Waals surface area contributed by atoms with Crippen LogP contribution in [0.2, 0.25) is 0 Å². The van der Waals surface area contributed by atoms with Crippen LogP contribution in [0.3, 0.4) is 0 Å². The molecular weight excluding hydrogens is 324 g/mol. The van der Waals surface area contributed by atoms with Crippen molar-refractivity contribution in [1.82, 2.24) is 19.2 Å². The summed E-state index contributed by atoms with van der Waals surface area (Å²) in [5.74, 6) is 6.87. The Bertz CT molecular complexity index is 1180. The van der Waals surface area contributed by atoms with Crippen LogP contribution in [0.15, 0.2) is 71.9 Å². The molecule has 0 atom stereocenters. The molecular formula is C21H16N4O. The number of aryl methyl sites for hydroxylation is 1. The van der Waals surface area contributed by atoms with E-state index in [0.717, 1.165) is 11.3 Å². The first kappa shape index (κ1) is 15.9. The number of benzene rings is 1. The van der Waals surface area contributed by atoms with E-state index in [1.165, 1.54) is 0 Å². The molecule has 0 fully saturated rings. The molecule has 0 unspecified atom stereocenters. The summed E-state index contributed by atoms with van der Waals surface area (Å²) >= 11 is 0. The molecule has 4 aromatic rings. The van der Waals surface area contributed by atoms with Crippen molar-refractivity contribution in [3.8, 4) is 17.5 Å². The predicted molar refractivity (Wildman–Crippen MR) is 100 cm³/mol. The molecule has 0 aliphatic carbocycles. The van der Waals surface area contributed by atoms with Gasteiger partial charge in [0.1, 0.15) is 11.3 Å². The molecule has 0 aliphatic rings. The van der Waals surface area contributed by atoms with Gasteiger partial charge in [0.2, 0.25) is 0 Å². The van der Waals surface area contributed by atoms with E-state index in [1.807, 2.05) is 55.5 Å². The summed E-state index contributed by atoms with van der Waals surface area (Å²) in [6, 6.07) is 15.1. The lowest BCUT2D eigenvalue weighted by Crippen LogP contribution is -2.26. The van der Waals surface area contributed by atoms with Gasteiger partial charge in [-0.2, -0.15) is 5.10 Å². The Morgan fingerprint density at radius 2 is 1.77 bits per heavy atom. The zero-order valence-corrected chi connectivity index (χ0v) is 14.3. The topological polar surface area (TPSA) is 52.2 Å². The third kappa shape index (κ3) is 2.78. The Morgan fingerprint density at radius 1 is 1.00 bits per heavy atom. The Labute approximate surface area is 150 Å². The summed E-state index contributed by atoms with van der Waals surface area (Å²) < 4.78 is 3.28. The minimum absolute atomic E-state index is 0.118. The van der Waals surface area contributed by atoms with Crippen LogP contribution in [0.1, 0.15) is 23.9 Å². The first-order valence-corrected chi connectivity index (χ1v) is 8.38. The van der Waals surface area contributed by atoms with E-state index in [4.69, 9.17) is 0 Å². The number of rotatable bonds is 2. The van der Waals surface area contributed by atoms with Crippen LogP contribution in [0, 0.1) is 11.8 Å². The fourth-order valence-electron chi connectivity index (χ4n) is 2.86. The second kappa shape index (κ2) is 6.69. The highest BCUT2D eigenvalue weighted by atomic mass is 16.1. The highest BCUT2D eigenvalue weighted by Gasteiger charge is 2.14. The second-order valence-corrected chi connectivity index (χ2v) is 5.75. The lowest BCUT2D eigenvalue weighted by molar-refractivity contribution is 0.738. The Kier molecular flexibility index (Phi) is 4.08. The SMILES string of the molecule is CCc1nn2ccc(C#Cc3ccncc3)c2c(=O)n1-c1ccccc1. The summed E-state index contributed by atoms with van der Waals surface area (Å²) in [6.45, 7) is 1.99. The van der Waals surface area contributed by atoms with E-state index < -0.39 is 0 Å². The molecule has 126 valence electrons. The summed E-state index contributed by atoms with van der Waals surface area (Å²) in [6.07, 6.45) is 5.82. The van der Waals surface area contributed by atoms with Crippen LogP contribution in [0.5, 0.6) is 0 Å². The number of fused-ring (bicyclic) bond motifs is 1. The van der Waals surface area contributed by atoms with Gasteiger partial charge in [0, 0.05) is 30.6 Å². The van der Waals surface area contributed by atoms with Crippen molar-refractivity contribution >= 4 is 5.52 Å². The van der Waals surface area contributed by atoms with Crippen LogP contribution in [-0.2, 0) is 6.42 Å². The molecule has 0 bridgehead atoms. The molecule has 4 rings (SSSR count). The minimum Gasteiger partial charge on any atom is -0.266 e. The van der Waals surface area contributed by atoms with Gasteiger partial charge in [0.05, 0.1) is 11.3 Å². The largest absolute Gasteiger partial charge is 0.283 e. The van der Waals surface area contributed by atoms with Gasteiger partial charge in [-0.25, -0.2) is 4.52 Å². The fourth-order valence-corrected chi connectivity index (χ4v) is 2.86. The van der Waals surface area contributed by atoms with Gasteiger partial charge in [0.25, 0.3) is 5.56 Å². The van der Waals surface area contributed by atoms with E-state index in [1.54, 1.807) is 27.7 Å². The lowest BCUT2D eigenvalue weighted by Gasteiger charge is -2.11. The van der Waals surface area contributed by atoms with Gasteiger partial charge in [-0.1, -0.05) is 37.0 Å². The summed E-state index contributed by atoms with van der Waals surface area (Å²) in [7, 11) is 0. The van der Waals surface area contributed by atoms with Crippen LogP contribution >= 0.6 is 0 Å². The quantitative estimate of drug-likeness (QED) is 0.527. The first-order chi connectivity index (χ1) is 12.8. The summed E-state index contributed by atoms with van der Waals surface area (Å²) in [4.78, 5) is 17.2. The molecule has 0 N–H and O–H groups in total. The normalized spacial score (nSPS) is 10.5. The van der Waals surface area contributed by atoms with Crippen molar-refractivity contribution in [3.63, 3.8) is 0 Å². The zero-order valence-electron chi connectivity index (χ0n) is 14.3. The number of hydrogen-bond acceptors (Lipinski definition) is 3. The molecule has 0 aliphatic heterocycles. The number of pyridine rings is 1. The van der Waals surface area contributed by atoms with Gasteiger partial charge < -0.3 is 0 Å². The van der Waals surface area contributed by atoms with Crippen molar-refractivity contribution in [2.75, 3.05) is 0 Å². The van der Waals surface area contributed by atoms with Crippen LogP contribution in [0.4, 0.5) is 0 Å². The molecule has 1 aromatic carbocycles. The summed E-state index contributed by atoms with van der Waals surface area (Å²) in [5.41, 5.74) is 2.67. The average molecular weight is 340 g/mol. The van der Waals surface area contributed by atoms with E-state index in [-0.39, 0.29) is 5.56 Å². The van der Waals surface area contributed by atoms with E-state index >= 15 is 0 Å². The molecule has 5 heteroatoms. The van der Waals surface area contributed by atoms with Crippen molar-refractivity contribution in [2.24, 2.45) is 0 Å². The molecule has 0 radical (unpaired) electrons. The monoisotopic (exact) mass is 340 g/mol. The predicted octanol–water partition coefficient (Wildman–Crippen LogP) is 2.84. The van der Waals surface area contributed by atoms with Gasteiger partial charge in [0.15, 0.2) is 0 Å². The first-order valence-electron chi connectivity index (χ1n) is 8.38. The lowest BCUT2D eigenvalue weighted by atomic mass is 10.2. The molecule has 0 saturated carbocycles. The fraction of sp³-hybridized carbons (Fsp3) is 0.0952. The smallest absolute Gasteiger partial charge is 0.266 e. The molecule has 3 aromatic heterocycles. The van der Waals surface area contributed by atoms with Crippen LogP contribution < -0.4 is 5.56 Å². The molecule has 3 heterocycles. The maximum Gasteiger partial charge on any atom is 0.283 e. The van der Waals surface area contributed by atoms with Crippen molar-refractivity contribution < 1.29 is 0 Å². The van der Waals surface area contributed by atoms with Crippen molar-refractivity contribution in [1.29, 1.82) is 0 Å². The maximum absolute atomic E-state index is 13.2. The Morgan fingerprint density at radius 3 is 2.50 bits per heavy atom. The number of hydrogen-bond donors (Lipinski definition) is 0. The van der Waals surface area contributed by atoms with Crippen LogP contribution in [-0.4, -0.2) is 19.2 Å². The van der Waals surface area contributed by atoms with Gasteiger partial charge in [-0.05, 0) is 30.3 Å². The van der Waals surface area contributed by atoms with E-state index in [0.29, 0.717) is 23.3 Å². The zero-order chi connectivity index (χ0) is 17.9. The second-order valence-electron chi connectivity index (χ2n) is 5.75. The average Bonchev–Trinajstić information content (AvgIpc) is 3.11. The van der Waals surface area contributed by atoms with E-state index in [2.05, 4.69) is 21.9 Å². The van der Waals surface area contributed by atoms with Gasteiger partial charge in [-0.3, -0.25) is 14.3 Å². The molecule has 0 amide bonds. The van der Waals surface area contributed by atoms with Crippen LogP contribution in [0.25, 0.3) is 11.2 Å². The number of aromatic nitrogens is 4.